The molecule has 0 amide bonds. The quantitative estimate of drug-likeness (QED) is 0.489. The van der Waals surface area contributed by atoms with E-state index in [9.17, 15) is 4.79 Å². The molecule has 162 valence electrons. The molecule has 0 radical (unpaired) electrons. The van der Waals surface area contributed by atoms with Crippen LogP contribution in [0.25, 0.3) is 0 Å². The summed E-state index contributed by atoms with van der Waals surface area (Å²) in [6, 6.07) is 13.8. The monoisotopic (exact) mass is 447 g/mol. The summed E-state index contributed by atoms with van der Waals surface area (Å²) in [6.45, 7) is 0. The molecule has 0 saturated heterocycles. The lowest BCUT2D eigenvalue weighted by atomic mass is 9.76. The fourth-order valence-electron chi connectivity index (χ4n) is 4.46. The predicted octanol–water partition coefficient (Wildman–Crippen LogP) is 6.76. The maximum atomic E-state index is 13.7. The van der Waals surface area contributed by atoms with Gasteiger partial charge < -0.3 is 9.64 Å². The van der Waals surface area contributed by atoms with E-state index in [1.54, 1.807) is 7.11 Å². The summed E-state index contributed by atoms with van der Waals surface area (Å²) >= 11 is 12.7. The second-order valence-corrected chi connectivity index (χ2v) is 9.27. The Balaban J connectivity index is 1.86. The first kappa shape index (κ1) is 23.1. The third kappa shape index (κ3) is 5.57. The van der Waals surface area contributed by atoms with Gasteiger partial charge in [-0.3, -0.25) is 4.79 Å². The lowest BCUT2D eigenvalue weighted by Gasteiger charge is -2.31. The first-order valence-electron chi connectivity index (χ1n) is 10.7. The minimum atomic E-state index is -0.327. The maximum Gasteiger partial charge on any atom is 0.142 e. The van der Waals surface area contributed by atoms with Crippen molar-refractivity contribution in [2.24, 2.45) is 11.8 Å². The van der Waals surface area contributed by atoms with Crippen LogP contribution in [0.4, 0.5) is 5.69 Å². The highest BCUT2D eigenvalue weighted by Gasteiger charge is 2.35. The van der Waals surface area contributed by atoms with E-state index in [0.29, 0.717) is 10.8 Å². The Morgan fingerprint density at radius 1 is 1.03 bits per heavy atom. The van der Waals surface area contributed by atoms with Crippen molar-refractivity contribution >= 4 is 34.7 Å². The zero-order valence-corrected chi connectivity index (χ0v) is 19.5. The van der Waals surface area contributed by atoms with Crippen LogP contribution in [0.15, 0.2) is 42.5 Å². The molecule has 1 saturated carbocycles. The van der Waals surface area contributed by atoms with Crippen LogP contribution in [0.3, 0.4) is 0 Å². The number of hydrogen-bond donors (Lipinski definition) is 0. The van der Waals surface area contributed by atoms with Crippen molar-refractivity contribution in [3.8, 4) is 0 Å². The number of rotatable bonds is 6. The molecule has 1 fully saturated rings. The minimum Gasteiger partial charge on any atom is -0.378 e. The number of carbonyl (C=O) groups is 1. The van der Waals surface area contributed by atoms with Crippen LogP contribution >= 0.6 is 23.2 Å². The standard InChI is InChI=1S/C25H31Cl2NO2/c1-28(2)20-13-14-21(23(27)16-20)25(30-3)22-8-6-4-5-7-18(24(22)29)15-17-9-11-19(26)12-10-17/h9-14,16,18,22,25H,4-8,15H2,1-3H3. The molecule has 1 aliphatic carbocycles. The molecule has 3 atom stereocenters. The maximum absolute atomic E-state index is 13.7. The second kappa shape index (κ2) is 10.7. The summed E-state index contributed by atoms with van der Waals surface area (Å²) < 4.78 is 5.90. The average molecular weight is 448 g/mol. The topological polar surface area (TPSA) is 29.5 Å². The van der Waals surface area contributed by atoms with Crippen LogP contribution in [-0.4, -0.2) is 27.0 Å². The number of anilines is 1. The van der Waals surface area contributed by atoms with E-state index in [1.807, 2.05) is 61.5 Å². The van der Waals surface area contributed by atoms with Gasteiger partial charge in [0.1, 0.15) is 5.78 Å². The Morgan fingerprint density at radius 3 is 2.37 bits per heavy atom. The molecule has 0 heterocycles. The SMILES string of the molecule is COC(c1ccc(N(C)C)cc1Cl)C1CCCCCC(Cc2ccc(Cl)cc2)C1=O. The van der Waals surface area contributed by atoms with E-state index in [0.717, 1.165) is 60.4 Å². The molecular formula is C25H31Cl2NO2. The van der Waals surface area contributed by atoms with Crippen molar-refractivity contribution in [1.29, 1.82) is 0 Å². The van der Waals surface area contributed by atoms with Gasteiger partial charge in [-0.2, -0.15) is 0 Å². The molecule has 2 aromatic carbocycles. The van der Waals surface area contributed by atoms with Crippen LogP contribution in [-0.2, 0) is 16.0 Å². The largest absolute Gasteiger partial charge is 0.378 e. The Hall–Kier alpha value is -1.55. The zero-order valence-electron chi connectivity index (χ0n) is 18.0. The van der Waals surface area contributed by atoms with Crippen LogP contribution in [0, 0.1) is 11.8 Å². The van der Waals surface area contributed by atoms with Crippen molar-refractivity contribution in [3.05, 3.63) is 63.6 Å². The van der Waals surface area contributed by atoms with Crippen molar-refractivity contribution in [2.75, 3.05) is 26.1 Å². The Morgan fingerprint density at radius 2 is 1.73 bits per heavy atom. The van der Waals surface area contributed by atoms with E-state index >= 15 is 0 Å². The van der Waals surface area contributed by atoms with Gasteiger partial charge in [0, 0.05) is 54.3 Å². The third-order valence-electron chi connectivity index (χ3n) is 6.16. The van der Waals surface area contributed by atoms with Crippen LogP contribution in [0.2, 0.25) is 10.0 Å². The molecule has 0 aliphatic heterocycles. The average Bonchev–Trinajstić information content (AvgIpc) is 2.72. The summed E-state index contributed by atoms with van der Waals surface area (Å²) in [5.74, 6) is 0.105. The molecule has 0 bridgehead atoms. The minimum absolute atomic E-state index is 0.00560. The number of ketones is 1. The van der Waals surface area contributed by atoms with E-state index in [-0.39, 0.29) is 17.9 Å². The Labute approximate surface area is 190 Å². The number of hydrogen-bond acceptors (Lipinski definition) is 3. The summed E-state index contributed by atoms with van der Waals surface area (Å²) in [6.07, 6.45) is 5.44. The summed E-state index contributed by atoms with van der Waals surface area (Å²) in [5, 5.41) is 1.37. The van der Waals surface area contributed by atoms with Crippen LogP contribution in [0.1, 0.15) is 49.3 Å². The highest BCUT2D eigenvalue weighted by atomic mass is 35.5. The number of benzene rings is 2. The Kier molecular flexibility index (Phi) is 8.21. The van der Waals surface area contributed by atoms with Crippen molar-refractivity contribution in [3.63, 3.8) is 0 Å². The fraction of sp³-hybridized carbons (Fsp3) is 0.480. The summed E-state index contributed by atoms with van der Waals surface area (Å²) in [4.78, 5) is 15.7. The van der Waals surface area contributed by atoms with Gasteiger partial charge in [0.05, 0.1) is 6.10 Å². The summed E-state index contributed by atoms with van der Waals surface area (Å²) in [5.41, 5.74) is 3.08. The molecule has 1 aliphatic rings. The smallest absolute Gasteiger partial charge is 0.142 e. The molecule has 0 N–H and O–H groups in total. The first-order valence-corrected chi connectivity index (χ1v) is 11.4. The molecule has 3 nitrogen and oxygen atoms in total. The lowest BCUT2D eigenvalue weighted by molar-refractivity contribution is -0.132. The predicted molar refractivity (Wildman–Crippen MR) is 126 cm³/mol. The van der Waals surface area contributed by atoms with Gasteiger partial charge >= 0.3 is 0 Å². The second-order valence-electron chi connectivity index (χ2n) is 8.43. The zero-order chi connectivity index (χ0) is 21.7. The number of Topliss-reactive ketones (excluding diaryl/α,β-unsaturated/α-hetero) is 1. The van der Waals surface area contributed by atoms with Gasteiger partial charge in [0.15, 0.2) is 0 Å². The normalized spacial score (nSPS) is 21.0. The fourth-order valence-corrected chi connectivity index (χ4v) is 4.87. The molecule has 5 heteroatoms. The number of ether oxygens (including phenoxy) is 1. The van der Waals surface area contributed by atoms with E-state index in [2.05, 4.69) is 0 Å². The van der Waals surface area contributed by atoms with E-state index in [1.165, 1.54) is 0 Å². The lowest BCUT2D eigenvalue weighted by Crippen LogP contribution is -2.32. The highest BCUT2D eigenvalue weighted by molar-refractivity contribution is 6.31. The van der Waals surface area contributed by atoms with Gasteiger partial charge in [0.25, 0.3) is 0 Å². The van der Waals surface area contributed by atoms with E-state index < -0.39 is 0 Å². The number of nitrogens with zero attached hydrogens (tertiary/aromatic N) is 1. The first-order chi connectivity index (χ1) is 14.4. The van der Waals surface area contributed by atoms with Crippen molar-refractivity contribution < 1.29 is 9.53 Å². The molecule has 3 rings (SSSR count). The van der Waals surface area contributed by atoms with Gasteiger partial charge in [-0.25, -0.2) is 0 Å². The van der Waals surface area contributed by atoms with Gasteiger partial charge in [0.2, 0.25) is 0 Å². The third-order valence-corrected chi connectivity index (χ3v) is 6.74. The van der Waals surface area contributed by atoms with Gasteiger partial charge in [-0.1, -0.05) is 60.7 Å². The van der Waals surface area contributed by atoms with Crippen molar-refractivity contribution in [1.82, 2.24) is 0 Å². The molecule has 2 aromatic rings. The van der Waals surface area contributed by atoms with Crippen molar-refractivity contribution in [2.45, 2.75) is 44.6 Å². The van der Waals surface area contributed by atoms with Gasteiger partial charge in [-0.05, 0) is 49.1 Å². The van der Waals surface area contributed by atoms with Crippen LogP contribution in [0.5, 0.6) is 0 Å². The summed E-state index contributed by atoms with van der Waals surface area (Å²) in [7, 11) is 5.65. The molecule has 3 unspecified atom stereocenters. The van der Waals surface area contributed by atoms with Gasteiger partial charge in [-0.15, -0.1) is 0 Å². The molecule has 0 spiro atoms. The number of carbonyl (C=O) groups excluding carboxylic acids is 1. The molecule has 0 aromatic heterocycles. The molecule has 30 heavy (non-hydrogen) atoms. The van der Waals surface area contributed by atoms with Crippen LogP contribution < -0.4 is 4.90 Å². The highest BCUT2D eigenvalue weighted by Crippen LogP contribution is 2.39. The molecular weight excluding hydrogens is 417 g/mol. The number of halogens is 2. The van der Waals surface area contributed by atoms with E-state index in [4.69, 9.17) is 27.9 Å². The Bertz CT molecular complexity index is 851. The number of methoxy groups -OCH3 is 1.